The molecular weight excluding hydrogens is 300 g/mol. The van der Waals surface area contributed by atoms with Crippen LogP contribution in [0.25, 0.3) is 0 Å². The first-order valence-corrected chi connectivity index (χ1v) is 8.51. The lowest BCUT2D eigenvalue weighted by Crippen LogP contribution is -2.51. The van der Waals surface area contributed by atoms with Crippen molar-refractivity contribution in [2.45, 2.75) is 26.8 Å². The highest BCUT2D eigenvalue weighted by atomic mass is 32.1. The zero-order valence-corrected chi connectivity index (χ0v) is 14.2. The molecule has 1 N–H and O–H groups in total. The SMILES string of the molecule is CC(=O)c1ccc(C(=O)NCC(C(C)C)N2CCOCC2)s1. The Kier molecular flexibility index (Phi) is 6.11. The van der Waals surface area contributed by atoms with Gasteiger partial charge in [-0.25, -0.2) is 0 Å². The van der Waals surface area contributed by atoms with Gasteiger partial charge in [-0.3, -0.25) is 14.5 Å². The molecule has 0 aromatic carbocycles. The van der Waals surface area contributed by atoms with Gasteiger partial charge in [-0.2, -0.15) is 0 Å². The quantitative estimate of drug-likeness (QED) is 0.814. The van der Waals surface area contributed by atoms with Gasteiger partial charge in [0, 0.05) is 25.7 Å². The maximum absolute atomic E-state index is 12.2. The van der Waals surface area contributed by atoms with Gasteiger partial charge in [0.2, 0.25) is 0 Å². The number of hydrogen-bond donors (Lipinski definition) is 1. The average Bonchev–Trinajstić information content (AvgIpc) is 2.98. The number of carbonyl (C=O) groups excluding carboxylic acids is 2. The van der Waals surface area contributed by atoms with Crippen LogP contribution < -0.4 is 5.32 Å². The summed E-state index contributed by atoms with van der Waals surface area (Å²) in [5.74, 6) is 0.350. The van der Waals surface area contributed by atoms with Crippen LogP contribution in [-0.4, -0.2) is 55.5 Å². The van der Waals surface area contributed by atoms with E-state index in [1.54, 1.807) is 12.1 Å². The third kappa shape index (κ3) is 4.38. The largest absolute Gasteiger partial charge is 0.379 e. The van der Waals surface area contributed by atoms with Crippen LogP contribution in [0.3, 0.4) is 0 Å². The van der Waals surface area contributed by atoms with Crippen LogP contribution in [0.5, 0.6) is 0 Å². The summed E-state index contributed by atoms with van der Waals surface area (Å²) >= 11 is 1.25. The summed E-state index contributed by atoms with van der Waals surface area (Å²) in [6.07, 6.45) is 0. The van der Waals surface area contributed by atoms with Gasteiger partial charge in [-0.05, 0) is 25.0 Å². The Balaban J connectivity index is 1.93. The van der Waals surface area contributed by atoms with Crippen LogP contribution in [0.4, 0.5) is 0 Å². The molecule has 1 saturated heterocycles. The van der Waals surface area contributed by atoms with E-state index < -0.39 is 0 Å². The zero-order chi connectivity index (χ0) is 16.1. The molecule has 0 radical (unpaired) electrons. The zero-order valence-electron chi connectivity index (χ0n) is 13.4. The second-order valence-corrected chi connectivity index (χ2v) is 6.97. The summed E-state index contributed by atoms with van der Waals surface area (Å²) in [5.41, 5.74) is 0. The normalized spacial score (nSPS) is 17.5. The van der Waals surface area contributed by atoms with Crippen LogP contribution in [0.15, 0.2) is 12.1 Å². The van der Waals surface area contributed by atoms with E-state index in [0.29, 0.717) is 28.3 Å². The van der Waals surface area contributed by atoms with E-state index in [2.05, 4.69) is 24.1 Å². The second-order valence-electron chi connectivity index (χ2n) is 5.89. The van der Waals surface area contributed by atoms with Crippen LogP contribution >= 0.6 is 11.3 Å². The van der Waals surface area contributed by atoms with Crippen molar-refractivity contribution in [3.63, 3.8) is 0 Å². The van der Waals surface area contributed by atoms with E-state index in [4.69, 9.17) is 4.74 Å². The Bertz CT molecular complexity index is 521. The standard InChI is InChI=1S/C16H24N2O3S/c1-11(2)13(18-6-8-21-9-7-18)10-17-16(20)15-5-4-14(22-15)12(3)19/h4-5,11,13H,6-10H2,1-3H3,(H,17,20). The fraction of sp³-hybridized carbons (Fsp3) is 0.625. The monoisotopic (exact) mass is 324 g/mol. The van der Waals surface area contributed by atoms with Crippen molar-refractivity contribution in [1.29, 1.82) is 0 Å². The van der Waals surface area contributed by atoms with Crippen molar-refractivity contribution < 1.29 is 14.3 Å². The molecule has 1 aromatic rings. The molecule has 1 aromatic heterocycles. The number of thiophene rings is 1. The van der Waals surface area contributed by atoms with Crippen molar-refractivity contribution >= 4 is 23.0 Å². The number of nitrogens with zero attached hydrogens (tertiary/aromatic N) is 1. The highest BCUT2D eigenvalue weighted by Gasteiger charge is 2.24. The van der Waals surface area contributed by atoms with Crippen molar-refractivity contribution in [1.82, 2.24) is 10.2 Å². The molecule has 1 aliphatic rings. The molecule has 5 nitrogen and oxygen atoms in total. The summed E-state index contributed by atoms with van der Waals surface area (Å²) < 4.78 is 5.39. The molecule has 1 amide bonds. The lowest BCUT2D eigenvalue weighted by atomic mass is 10.0. The molecule has 1 aliphatic heterocycles. The second kappa shape index (κ2) is 7.85. The first-order chi connectivity index (χ1) is 10.5. The Labute approximate surface area is 135 Å². The van der Waals surface area contributed by atoms with Gasteiger partial charge in [0.25, 0.3) is 5.91 Å². The smallest absolute Gasteiger partial charge is 0.261 e. The Morgan fingerprint density at radius 3 is 2.45 bits per heavy atom. The molecule has 0 spiro atoms. The minimum absolute atomic E-state index is 0.00239. The number of Topliss-reactive ketones (excluding diaryl/α,β-unsaturated/α-hetero) is 1. The van der Waals surface area contributed by atoms with Crippen molar-refractivity contribution in [2.75, 3.05) is 32.8 Å². The molecule has 0 aliphatic carbocycles. The maximum atomic E-state index is 12.2. The summed E-state index contributed by atoms with van der Waals surface area (Å²) in [6.45, 7) is 9.80. The average molecular weight is 324 g/mol. The van der Waals surface area contributed by atoms with Crippen molar-refractivity contribution in [2.24, 2.45) is 5.92 Å². The molecule has 0 saturated carbocycles. The molecule has 1 unspecified atom stereocenters. The Morgan fingerprint density at radius 1 is 1.27 bits per heavy atom. The number of ketones is 1. The van der Waals surface area contributed by atoms with Crippen LogP contribution in [0.1, 0.15) is 40.1 Å². The van der Waals surface area contributed by atoms with Crippen LogP contribution in [-0.2, 0) is 4.74 Å². The van der Waals surface area contributed by atoms with E-state index in [9.17, 15) is 9.59 Å². The lowest BCUT2D eigenvalue weighted by Gasteiger charge is -2.36. The molecule has 22 heavy (non-hydrogen) atoms. The summed E-state index contributed by atoms with van der Waals surface area (Å²) in [4.78, 5) is 27.1. The number of nitrogens with one attached hydrogen (secondary N) is 1. The Hall–Kier alpha value is -1.24. The molecule has 6 heteroatoms. The van der Waals surface area contributed by atoms with E-state index >= 15 is 0 Å². The Morgan fingerprint density at radius 2 is 1.91 bits per heavy atom. The number of ether oxygens (including phenoxy) is 1. The first kappa shape index (κ1) is 17.1. The van der Waals surface area contributed by atoms with Gasteiger partial charge in [0.15, 0.2) is 5.78 Å². The predicted molar refractivity (Wildman–Crippen MR) is 87.7 cm³/mol. The lowest BCUT2D eigenvalue weighted by molar-refractivity contribution is 0.00674. The highest BCUT2D eigenvalue weighted by molar-refractivity contribution is 7.15. The number of carbonyl (C=O) groups is 2. The van der Waals surface area contributed by atoms with Gasteiger partial charge in [0.1, 0.15) is 0 Å². The molecule has 0 bridgehead atoms. The highest BCUT2D eigenvalue weighted by Crippen LogP contribution is 2.17. The van der Waals surface area contributed by atoms with Crippen molar-refractivity contribution in [3.05, 3.63) is 21.9 Å². The van der Waals surface area contributed by atoms with Gasteiger partial charge in [-0.1, -0.05) is 13.8 Å². The summed E-state index contributed by atoms with van der Waals surface area (Å²) in [6, 6.07) is 3.74. The minimum Gasteiger partial charge on any atom is -0.379 e. The number of rotatable bonds is 6. The first-order valence-electron chi connectivity index (χ1n) is 7.70. The number of hydrogen-bond acceptors (Lipinski definition) is 5. The van der Waals surface area contributed by atoms with E-state index in [1.807, 2.05) is 0 Å². The van der Waals surface area contributed by atoms with Gasteiger partial charge >= 0.3 is 0 Å². The number of amides is 1. The van der Waals surface area contributed by atoms with E-state index in [0.717, 1.165) is 26.3 Å². The third-order valence-corrected chi connectivity index (χ3v) is 5.12. The topological polar surface area (TPSA) is 58.6 Å². The summed E-state index contributed by atoms with van der Waals surface area (Å²) in [5, 5.41) is 3.01. The van der Waals surface area contributed by atoms with E-state index in [-0.39, 0.29) is 11.7 Å². The molecule has 122 valence electrons. The van der Waals surface area contributed by atoms with Crippen molar-refractivity contribution in [3.8, 4) is 0 Å². The fourth-order valence-corrected chi connectivity index (χ4v) is 3.45. The third-order valence-electron chi connectivity index (χ3n) is 3.93. The predicted octanol–water partition coefficient (Wildman–Crippen LogP) is 2.04. The fourth-order valence-electron chi connectivity index (χ4n) is 2.63. The molecule has 2 rings (SSSR count). The molecule has 2 heterocycles. The molecular formula is C16H24N2O3S. The minimum atomic E-state index is -0.101. The molecule has 1 fully saturated rings. The maximum Gasteiger partial charge on any atom is 0.261 e. The van der Waals surface area contributed by atoms with Gasteiger partial charge in [-0.15, -0.1) is 11.3 Å². The summed E-state index contributed by atoms with van der Waals surface area (Å²) in [7, 11) is 0. The van der Waals surface area contributed by atoms with E-state index in [1.165, 1.54) is 18.3 Å². The van der Waals surface area contributed by atoms with Crippen LogP contribution in [0, 0.1) is 5.92 Å². The number of morpholine rings is 1. The van der Waals surface area contributed by atoms with Gasteiger partial charge in [0.05, 0.1) is 23.0 Å². The molecule has 1 atom stereocenters. The van der Waals surface area contributed by atoms with Crippen LogP contribution in [0.2, 0.25) is 0 Å². The van der Waals surface area contributed by atoms with Gasteiger partial charge < -0.3 is 10.1 Å².